The van der Waals surface area contributed by atoms with Crippen molar-refractivity contribution < 1.29 is 4.79 Å². The Morgan fingerprint density at radius 1 is 1.32 bits per heavy atom. The van der Waals surface area contributed by atoms with E-state index in [2.05, 4.69) is 34.4 Å². The van der Waals surface area contributed by atoms with Gasteiger partial charge in [0.1, 0.15) is 5.82 Å². The fourth-order valence-electron chi connectivity index (χ4n) is 1.86. The highest BCUT2D eigenvalue weighted by atomic mass is 16.1. The lowest BCUT2D eigenvalue weighted by atomic mass is 10.2. The summed E-state index contributed by atoms with van der Waals surface area (Å²) >= 11 is 0. The molecule has 0 unspecified atom stereocenters. The number of carbonyl (C=O) groups excluding carboxylic acids is 1. The van der Waals surface area contributed by atoms with Gasteiger partial charge in [-0.15, -0.1) is 0 Å². The van der Waals surface area contributed by atoms with Crippen LogP contribution in [0.1, 0.15) is 31.1 Å². The SMILES string of the molecule is CCNc1ncccc1C(=O)NCCN(CC)CC. The first kappa shape index (κ1) is 15.4. The summed E-state index contributed by atoms with van der Waals surface area (Å²) in [5.74, 6) is 0.571. The minimum atomic E-state index is -0.0730. The number of pyridine rings is 1. The van der Waals surface area contributed by atoms with Crippen molar-refractivity contribution in [2.75, 3.05) is 38.0 Å². The number of amides is 1. The zero-order valence-electron chi connectivity index (χ0n) is 12.1. The summed E-state index contributed by atoms with van der Waals surface area (Å²) in [5, 5.41) is 6.03. The van der Waals surface area contributed by atoms with E-state index in [4.69, 9.17) is 0 Å². The molecule has 19 heavy (non-hydrogen) atoms. The second kappa shape index (κ2) is 8.48. The molecule has 2 N–H and O–H groups in total. The fourth-order valence-corrected chi connectivity index (χ4v) is 1.86. The van der Waals surface area contributed by atoms with Crippen molar-refractivity contribution in [1.82, 2.24) is 15.2 Å². The number of rotatable bonds is 8. The molecule has 0 spiro atoms. The van der Waals surface area contributed by atoms with Crippen molar-refractivity contribution in [2.45, 2.75) is 20.8 Å². The van der Waals surface area contributed by atoms with E-state index in [1.807, 2.05) is 6.92 Å². The van der Waals surface area contributed by atoms with Crippen LogP contribution in [0, 0.1) is 0 Å². The quantitative estimate of drug-likeness (QED) is 0.748. The number of carbonyl (C=O) groups is 1. The Bertz CT molecular complexity index is 391. The van der Waals surface area contributed by atoms with Gasteiger partial charge in [-0.2, -0.15) is 0 Å². The average molecular weight is 264 g/mol. The smallest absolute Gasteiger partial charge is 0.255 e. The monoisotopic (exact) mass is 264 g/mol. The number of hydrogen-bond acceptors (Lipinski definition) is 4. The first-order valence-corrected chi connectivity index (χ1v) is 6.92. The Kier molecular flexibility index (Phi) is 6.89. The van der Waals surface area contributed by atoms with Crippen LogP contribution < -0.4 is 10.6 Å². The molecular weight excluding hydrogens is 240 g/mol. The van der Waals surface area contributed by atoms with E-state index in [0.717, 1.165) is 26.2 Å². The third-order valence-corrected chi connectivity index (χ3v) is 3.00. The van der Waals surface area contributed by atoms with Gasteiger partial charge in [0.15, 0.2) is 0 Å². The van der Waals surface area contributed by atoms with E-state index in [0.29, 0.717) is 17.9 Å². The number of nitrogens with zero attached hydrogens (tertiary/aromatic N) is 2. The van der Waals surface area contributed by atoms with Crippen LogP contribution in [-0.4, -0.2) is 48.5 Å². The molecule has 0 atom stereocenters. The first-order valence-electron chi connectivity index (χ1n) is 6.92. The molecule has 106 valence electrons. The summed E-state index contributed by atoms with van der Waals surface area (Å²) in [7, 11) is 0. The van der Waals surface area contributed by atoms with Gasteiger partial charge in [-0.25, -0.2) is 4.98 Å². The predicted molar refractivity (Wildman–Crippen MR) is 78.5 cm³/mol. The number of nitrogens with one attached hydrogen (secondary N) is 2. The summed E-state index contributed by atoms with van der Waals surface area (Å²) < 4.78 is 0. The van der Waals surface area contributed by atoms with Crippen LogP contribution in [-0.2, 0) is 0 Å². The van der Waals surface area contributed by atoms with E-state index >= 15 is 0 Å². The van der Waals surface area contributed by atoms with Crippen molar-refractivity contribution in [2.24, 2.45) is 0 Å². The van der Waals surface area contributed by atoms with Crippen LogP contribution in [0.4, 0.5) is 5.82 Å². The van der Waals surface area contributed by atoms with E-state index < -0.39 is 0 Å². The molecule has 0 aliphatic carbocycles. The lowest BCUT2D eigenvalue weighted by molar-refractivity contribution is 0.0949. The molecule has 1 rings (SSSR count). The van der Waals surface area contributed by atoms with Crippen LogP contribution in [0.2, 0.25) is 0 Å². The van der Waals surface area contributed by atoms with E-state index in [9.17, 15) is 4.79 Å². The van der Waals surface area contributed by atoms with Gasteiger partial charge < -0.3 is 15.5 Å². The maximum Gasteiger partial charge on any atom is 0.255 e. The number of anilines is 1. The number of hydrogen-bond donors (Lipinski definition) is 2. The molecule has 0 saturated heterocycles. The number of likely N-dealkylation sites (N-methyl/N-ethyl adjacent to an activating group) is 1. The molecule has 0 aromatic carbocycles. The largest absolute Gasteiger partial charge is 0.370 e. The summed E-state index contributed by atoms with van der Waals surface area (Å²) in [6, 6.07) is 3.57. The van der Waals surface area contributed by atoms with Gasteiger partial charge in [0.25, 0.3) is 5.91 Å². The molecular formula is C14H24N4O. The molecule has 1 aromatic heterocycles. The number of aromatic nitrogens is 1. The fraction of sp³-hybridized carbons (Fsp3) is 0.571. The topological polar surface area (TPSA) is 57.3 Å². The first-order chi connectivity index (χ1) is 9.22. The minimum Gasteiger partial charge on any atom is -0.370 e. The highest BCUT2D eigenvalue weighted by Crippen LogP contribution is 2.10. The van der Waals surface area contributed by atoms with E-state index in [1.165, 1.54) is 0 Å². The normalized spacial score (nSPS) is 10.5. The lowest BCUT2D eigenvalue weighted by Crippen LogP contribution is -2.35. The zero-order valence-corrected chi connectivity index (χ0v) is 12.1. The molecule has 1 heterocycles. The summed E-state index contributed by atoms with van der Waals surface area (Å²) in [4.78, 5) is 18.5. The van der Waals surface area contributed by atoms with E-state index in [1.54, 1.807) is 18.3 Å². The summed E-state index contributed by atoms with van der Waals surface area (Å²) in [6.07, 6.45) is 1.69. The molecule has 0 radical (unpaired) electrons. The summed E-state index contributed by atoms with van der Waals surface area (Å²) in [6.45, 7) is 10.5. The maximum absolute atomic E-state index is 12.1. The second-order valence-corrected chi connectivity index (χ2v) is 4.21. The van der Waals surface area contributed by atoms with Gasteiger partial charge in [-0.3, -0.25) is 4.79 Å². The van der Waals surface area contributed by atoms with Crippen LogP contribution in [0.5, 0.6) is 0 Å². The Morgan fingerprint density at radius 3 is 2.68 bits per heavy atom. The van der Waals surface area contributed by atoms with Gasteiger partial charge in [0.2, 0.25) is 0 Å². The van der Waals surface area contributed by atoms with Gasteiger partial charge >= 0.3 is 0 Å². The van der Waals surface area contributed by atoms with Crippen LogP contribution in [0.25, 0.3) is 0 Å². The van der Waals surface area contributed by atoms with Gasteiger partial charge in [-0.05, 0) is 32.1 Å². The molecule has 0 aliphatic rings. The zero-order chi connectivity index (χ0) is 14.1. The van der Waals surface area contributed by atoms with Crippen molar-refractivity contribution in [3.05, 3.63) is 23.9 Å². The Morgan fingerprint density at radius 2 is 2.05 bits per heavy atom. The van der Waals surface area contributed by atoms with Crippen LogP contribution in [0.15, 0.2) is 18.3 Å². The molecule has 0 fully saturated rings. The Labute approximate surface area is 115 Å². The lowest BCUT2D eigenvalue weighted by Gasteiger charge is -2.18. The molecule has 0 saturated carbocycles. The van der Waals surface area contributed by atoms with Crippen LogP contribution in [0.3, 0.4) is 0 Å². The maximum atomic E-state index is 12.1. The molecule has 0 bridgehead atoms. The molecule has 1 amide bonds. The molecule has 5 heteroatoms. The third-order valence-electron chi connectivity index (χ3n) is 3.00. The van der Waals surface area contributed by atoms with Crippen molar-refractivity contribution in [3.8, 4) is 0 Å². The predicted octanol–water partition coefficient (Wildman–Crippen LogP) is 1.58. The van der Waals surface area contributed by atoms with Crippen molar-refractivity contribution >= 4 is 11.7 Å². The highest BCUT2D eigenvalue weighted by molar-refractivity contribution is 5.98. The van der Waals surface area contributed by atoms with Gasteiger partial charge in [0.05, 0.1) is 5.56 Å². The van der Waals surface area contributed by atoms with Crippen molar-refractivity contribution in [1.29, 1.82) is 0 Å². The molecule has 5 nitrogen and oxygen atoms in total. The average Bonchev–Trinajstić information content (AvgIpc) is 2.44. The molecule has 0 aliphatic heterocycles. The second-order valence-electron chi connectivity index (χ2n) is 4.21. The Hall–Kier alpha value is -1.62. The standard InChI is InChI=1S/C14H24N4O/c1-4-15-13-12(8-7-9-16-13)14(19)17-10-11-18(5-2)6-3/h7-9H,4-6,10-11H2,1-3H3,(H,15,16)(H,17,19). The van der Waals surface area contributed by atoms with Crippen molar-refractivity contribution in [3.63, 3.8) is 0 Å². The summed E-state index contributed by atoms with van der Waals surface area (Å²) in [5.41, 5.74) is 0.601. The molecule has 1 aromatic rings. The highest BCUT2D eigenvalue weighted by Gasteiger charge is 2.11. The third kappa shape index (κ3) is 4.87. The van der Waals surface area contributed by atoms with Crippen LogP contribution >= 0.6 is 0 Å². The van der Waals surface area contributed by atoms with E-state index in [-0.39, 0.29) is 5.91 Å². The minimum absolute atomic E-state index is 0.0730. The van der Waals surface area contributed by atoms with Gasteiger partial charge in [0, 0.05) is 25.8 Å². The van der Waals surface area contributed by atoms with Gasteiger partial charge in [-0.1, -0.05) is 13.8 Å². The Balaban J connectivity index is 2.53.